The molecule has 2 rings (SSSR count). The summed E-state index contributed by atoms with van der Waals surface area (Å²) in [5.41, 5.74) is 0. The average molecular weight is 998 g/mol. The van der Waals surface area contributed by atoms with Crippen LogP contribution in [-0.4, -0.2) is 216 Å². The summed E-state index contributed by atoms with van der Waals surface area (Å²) in [5.74, 6) is -1.58. The molecule has 1 unspecified atom stereocenters. The summed E-state index contributed by atoms with van der Waals surface area (Å²) < 4.78 is 75.2. The molecule has 2 aliphatic heterocycles. The van der Waals surface area contributed by atoms with Gasteiger partial charge in [0.05, 0.1) is 32.3 Å². The Morgan fingerprint density at radius 3 is 1.27 bits per heavy atom. The fourth-order valence-corrected chi connectivity index (χ4v) is 11.1. The molecule has 0 aromatic carbocycles. The minimum atomic E-state index is -3.57. The van der Waals surface area contributed by atoms with E-state index in [-0.39, 0.29) is 99.7 Å². The van der Waals surface area contributed by atoms with E-state index in [0.29, 0.717) is 64.4 Å². The first kappa shape index (κ1) is 60.2. The number of amides is 6. The summed E-state index contributed by atoms with van der Waals surface area (Å²) >= 11 is 0. The maximum Gasteiger partial charge on any atom is 0.264 e. The molecule has 2 N–H and O–H groups in total. The van der Waals surface area contributed by atoms with Crippen LogP contribution in [0.15, 0.2) is 24.3 Å². The summed E-state index contributed by atoms with van der Waals surface area (Å²) in [4.78, 5) is 75.7. The topological polar surface area (TPSA) is 274 Å². The highest BCUT2D eigenvalue weighted by Crippen LogP contribution is 2.49. The van der Waals surface area contributed by atoms with Gasteiger partial charge in [0.1, 0.15) is 0 Å². The lowest BCUT2D eigenvalue weighted by Gasteiger charge is -2.29. The molecule has 21 nitrogen and oxygen atoms in total. The van der Waals surface area contributed by atoms with Gasteiger partial charge in [-0.1, -0.05) is 6.92 Å². The van der Waals surface area contributed by atoms with Gasteiger partial charge in [-0.25, -0.2) is 8.42 Å². The van der Waals surface area contributed by atoms with Crippen molar-refractivity contribution in [3.05, 3.63) is 24.3 Å². The Labute approximate surface area is 377 Å². The Kier molecular flexibility index (Phi) is 28.3. The molecule has 0 bridgehead atoms. The number of rotatable bonds is 28. The van der Waals surface area contributed by atoms with Crippen LogP contribution in [-0.2, 0) is 61.2 Å². The molecule has 0 aromatic heterocycles. The molecule has 2 aliphatic rings. The zero-order chi connectivity index (χ0) is 48.6. The van der Waals surface area contributed by atoms with E-state index in [4.69, 9.17) is 14.4 Å². The van der Waals surface area contributed by atoms with Gasteiger partial charge in [-0.3, -0.25) is 52.1 Å². The van der Waals surface area contributed by atoms with Crippen LogP contribution in [0.2, 0.25) is 0 Å². The Hall–Kier alpha value is -2.85. The van der Waals surface area contributed by atoms with Crippen molar-refractivity contribution < 1.29 is 69.1 Å². The maximum atomic E-state index is 13.2. The summed E-state index contributed by atoms with van der Waals surface area (Å²) in [5, 5.41) is 18.1. The minimum absolute atomic E-state index is 0.0846. The van der Waals surface area contributed by atoms with E-state index in [0.717, 1.165) is 22.3 Å². The van der Waals surface area contributed by atoms with Crippen molar-refractivity contribution in [1.29, 1.82) is 0 Å². The first-order valence-corrected chi connectivity index (χ1v) is 28.8. The average Bonchev–Trinajstić information content (AvgIpc) is 3.67. The third-order valence-corrected chi connectivity index (χ3v) is 16.9. The van der Waals surface area contributed by atoms with Gasteiger partial charge in [0.25, 0.3) is 33.7 Å². The van der Waals surface area contributed by atoms with Gasteiger partial charge in [0.15, 0.2) is 14.6 Å². The van der Waals surface area contributed by atoms with Crippen LogP contribution in [0.4, 0.5) is 0 Å². The number of carbonyl (C=O) groups is 6. The van der Waals surface area contributed by atoms with E-state index >= 15 is 0 Å². The molecular formula is C37H67ClN6O15P2S2. The van der Waals surface area contributed by atoms with Crippen LogP contribution >= 0.6 is 25.3 Å². The molecule has 63 heavy (non-hydrogen) atoms. The highest BCUT2D eigenvalue weighted by Gasteiger charge is 2.29. The minimum Gasteiger partial charge on any atom is -0.396 e. The van der Waals surface area contributed by atoms with Crippen LogP contribution in [0.25, 0.3) is 0 Å². The molecule has 0 saturated carbocycles. The molecule has 2 heterocycles. The second-order valence-corrected chi connectivity index (χ2v) is 26.1. The number of imide groups is 2. The van der Waals surface area contributed by atoms with Crippen molar-refractivity contribution in [3.63, 3.8) is 0 Å². The predicted molar refractivity (Wildman–Crippen MR) is 241 cm³/mol. The highest BCUT2D eigenvalue weighted by molar-refractivity contribution is 8.13. The largest absolute Gasteiger partial charge is 0.396 e. The van der Waals surface area contributed by atoms with E-state index in [1.165, 1.54) is 24.3 Å². The first-order chi connectivity index (χ1) is 29.1. The van der Waals surface area contributed by atoms with Crippen molar-refractivity contribution in [1.82, 2.24) is 28.9 Å². The third kappa shape index (κ3) is 25.4. The zero-order valence-electron chi connectivity index (χ0n) is 37.4. The van der Waals surface area contributed by atoms with Crippen LogP contribution in [0.5, 0.6) is 0 Å². The quantitative estimate of drug-likeness (QED) is 0.0480. The summed E-state index contributed by atoms with van der Waals surface area (Å²) in [7, 11) is -0.995. The van der Waals surface area contributed by atoms with Crippen LogP contribution in [0, 0.1) is 0 Å². The molecule has 364 valence electrons. The second-order valence-electron chi connectivity index (χ2n) is 14.9. The van der Waals surface area contributed by atoms with Gasteiger partial charge in [-0.05, 0) is 46.2 Å². The monoisotopic (exact) mass is 996 g/mol. The zero-order valence-corrected chi connectivity index (χ0v) is 41.6. The fourth-order valence-electron chi connectivity index (χ4n) is 6.05. The normalized spacial score (nSPS) is 15.1. The smallest absolute Gasteiger partial charge is 0.264 e. The summed E-state index contributed by atoms with van der Waals surface area (Å²) in [6.45, 7) is 3.77. The number of carbonyl (C=O) groups excluding carboxylic acids is 6. The van der Waals surface area contributed by atoms with E-state index in [2.05, 4.69) is 10.7 Å². The molecule has 1 atom stereocenters. The Balaban J connectivity index is 0.00000111. The van der Waals surface area contributed by atoms with Crippen molar-refractivity contribution >= 4 is 79.9 Å². The predicted octanol–water partition coefficient (Wildman–Crippen LogP) is 1.06. The van der Waals surface area contributed by atoms with E-state index < -0.39 is 33.8 Å². The number of aliphatic hydroxyl groups is 2. The van der Waals surface area contributed by atoms with Crippen LogP contribution in [0.1, 0.15) is 51.9 Å². The molecule has 0 aromatic rings. The fraction of sp³-hybridized carbons (Fsp3) is 0.730. The Morgan fingerprint density at radius 2 is 0.968 bits per heavy atom. The van der Waals surface area contributed by atoms with Crippen LogP contribution in [0.3, 0.4) is 0 Å². The second kappa shape index (κ2) is 29.6. The summed E-state index contributed by atoms with van der Waals surface area (Å²) in [6, 6.07) is 0. The van der Waals surface area contributed by atoms with Crippen molar-refractivity contribution in [2.75, 3.05) is 124 Å². The molecule has 0 aliphatic carbocycles. The van der Waals surface area contributed by atoms with Crippen LogP contribution < -0.4 is 0 Å². The van der Waals surface area contributed by atoms with Gasteiger partial charge < -0.3 is 29.1 Å². The summed E-state index contributed by atoms with van der Waals surface area (Å²) in [6.07, 6.45) is 10.8. The first-order valence-electron chi connectivity index (χ1n) is 20.2. The maximum absolute atomic E-state index is 13.2. The molecular weight excluding hydrogens is 930 g/mol. The highest BCUT2D eigenvalue weighted by atomic mass is 35.7. The molecule has 6 amide bonds. The third-order valence-electron chi connectivity index (χ3n) is 9.60. The van der Waals surface area contributed by atoms with Crippen molar-refractivity contribution in [2.45, 2.75) is 51.9 Å². The van der Waals surface area contributed by atoms with Gasteiger partial charge in [0.2, 0.25) is 20.9 Å². The molecule has 0 radical (unpaired) electrons. The number of hydrogen-bond donors (Lipinski definition) is 2. The molecule has 26 heteroatoms. The van der Waals surface area contributed by atoms with Crippen molar-refractivity contribution in [3.8, 4) is 0 Å². The van der Waals surface area contributed by atoms with E-state index in [9.17, 15) is 54.7 Å². The van der Waals surface area contributed by atoms with E-state index in [1.54, 1.807) is 47.3 Å². The molecule has 0 fully saturated rings. The standard InChI is InChI=1S/C19H34N3O7PS.C17H30N3O6P.CH3ClO2S/c1-5-15-30(26,16-14-29-31(4,27)28)21(3)12-7-11-20(2)17(23)8-6-13-22-18(24)9-10-19(22)25;1-18(8-4-9-19(2)27(26,13-11-21)14-12-22)15(23)5-3-10-20-16(24)6-7-17(20)25;1-5(2,3)4/h9-10H,5-8,11-16H2,1-4H3;6-7,21-22H,3-5,8-14H2,1-2H3;1H3. The molecule has 0 saturated heterocycles. The number of aliphatic hydroxyl groups excluding tert-OH is 2. The lowest BCUT2D eigenvalue weighted by molar-refractivity contribution is -0.138. The Morgan fingerprint density at radius 1 is 0.635 bits per heavy atom. The van der Waals surface area contributed by atoms with E-state index in [1.807, 2.05) is 6.92 Å². The number of nitrogens with zero attached hydrogens (tertiary/aromatic N) is 6. The Bertz CT molecular complexity index is 1870. The number of hydrogen-bond acceptors (Lipinski definition) is 15. The SMILES string of the molecule is CCCP(=O)(CCOS(C)(=O)=O)N(C)CCCN(C)C(=O)CCCN1C(=O)C=CC1=O.CN(CCCN(C)P(=O)(CCO)CCO)C(=O)CCCN1C(=O)C=CC1=O.CS(=O)(=O)Cl. The van der Waals surface area contributed by atoms with Gasteiger partial charge in [0, 0.05) is 126 Å². The van der Waals surface area contributed by atoms with Gasteiger partial charge >= 0.3 is 0 Å². The lowest BCUT2D eigenvalue weighted by atomic mass is 10.2. The molecule has 0 spiro atoms. The van der Waals surface area contributed by atoms with Gasteiger partial charge in [-0.2, -0.15) is 8.42 Å². The number of halogens is 1. The van der Waals surface area contributed by atoms with Crippen molar-refractivity contribution in [2.24, 2.45) is 0 Å². The lowest BCUT2D eigenvalue weighted by Crippen LogP contribution is -2.33. The van der Waals surface area contributed by atoms with Gasteiger partial charge in [-0.15, -0.1) is 0 Å².